The predicted octanol–water partition coefficient (Wildman–Crippen LogP) is 2.75. The molecule has 0 radical (unpaired) electrons. The van der Waals surface area contributed by atoms with Gasteiger partial charge in [0.15, 0.2) is 12.3 Å². The summed E-state index contributed by atoms with van der Waals surface area (Å²) in [6.07, 6.45) is -9.39. The lowest BCUT2D eigenvalue weighted by Gasteiger charge is -2.17. The molecule has 0 saturated carbocycles. The van der Waals surface area contributed by atoms with Crippen LogP contribution in [0, 0.1) is 0 Å². The highest BCUT2D eigenvalue weighted by Crippen LogP contribution is 2.22. The second kappa shape index (κ2) is 7.41. The summed E-state index contributed by atoms with van der Waals surface area (Å²) < 4.78 is 62.1. The molecule has 1 saturated heterocycles. The van der Waals surface area contributed by atoms with Crippen LogP contribution >= 0.6 is 11.8 Å². The number of halogens is 5. The van der Waals surface area contributed by atoms with Gasteiger partial charge in [0.05, 0.1) is 0 Å². The van der Waals surface area contributed by atoms with Gasteiger partial charge in [0.25, 0.3) is 6.43 Å². The fourth-order valence-corrected chi connectivity index (χ4v) is 2.77. The standard InChI is InChI=1S/C10H16F5NS/c11-7(8(12)9(13)10(14)15)5-17-4-6-2-1-3-16-6/h6-10,16H,1-5H2. The van der Waals surface area contributed by atoms with Gasteiger partial charge < -0.3 is 5.32 Å². The monoisotopic (exact) mass is 277 g/mol. The van der Waals surface area contributed by atoms with E-state index < -0.39 is 24.9 Å². The molecule has 1 rings (SSSR count). The van der Waals surface area contributed by atoms with Crippen LogP contribution in [0.3, 0.4) is 0 Å². The van der Waals surface area contributed by atoms with Crippen LogP contribution in [0.15, 0.2) is 0 Å². The van der Waals surface area contributed by atoms with Crippen LogP contribution in [0.1, 0.15) is 12.8 Å². The zero-order chi connectivity index (χ0) is 12.8. The van der Waals surface area contributed by atoms with Crippen molar-refractivity contribution in [1.82, 2.24) is 5.32 Å². The van der Waals surface area contributed by atoms with Gasteiger partial charge in [-0.3, -0.25) is 0 Å². The topological polar surface area (TPSA) is 12.0 Å². The van der Waals surface area contributed by atoms with E-state index in [2.05, 4.69) is 5.32 Å². The highest BCUT2D eigenvalue weighted by molar-refractivity contribution is 7.99. The van der Waals surface area contributed by atoms with E-state index in [9.17, 15) is 22.0 Å². The second-order valence-electron chi connectivity index (χ2n) is 4.07. The Labute approximate surface area is 102 Å². The van der Waals surface area contributed by atoms with E-state index in [1.807, 2.05) is 0 Å². The molecule has 7 heteroatoms. The second-order valence-corrected chi connectivity index (χ2v) is 5.14. The minimum absolute atomic E-state index is 0.265. The quantitative estimate of drug-likeness (QED) is 0.718. The first-order chi connectivity index (χ1) is 8.02. The fourth-order valence-electron chi connectivity index (χ4n) is 1.65. The fraction of sp³-hybridized carbons (Fsp3) is 1.00. The van der Waals surface area contributed by atoms with Gasteiger partial charge in [-0.05, 0) is 19.4 Å². The summed E-state index contributed by atoms with van der Waals surface area (Å²) in [4.78, 5) is 0. The Hall–Kier alpha value is -0.0400. The van der Waals surface area contributed by atoms with E-state index in [4.69, 9.17) is 0 Å². The van der Waals surface area contributed by atoms with E-state index in [1.165, 1.54) is 0 Å². The Morgan fingerprint density at radius 3 is 2.35 bits per heavy atom. The average Bonchev–Trinajstić information content (AvgIpc) is 2.79. The molecule has 1 aliphatic rings. The van der Waals surface area contributed by atoms with Crippen molar-refractivity contribution in [2.24, 2.45) is 0 Å². The van der Waals surface area contributed by atoms with Gasteiger partial charge in [-0.2, -0.15) is 11.8 Å². The first-order valence-corrected chi connectivity index (χ1v) is 6.69. The van der Waals surface area contributed by atoms with E-state index in [0.29, 0.717) is 5.75 Å². The van der Waals surface area contributed by atoms with Crippen LogP contribution in [0.5, 0.6) is 0 Å². The van der Waals surface area contributed by atoms with Crippen LogP contribution in [0.25, 0.3) is 0 Å². The van der Waals surface area contributed by atoms with Gasteiger partial charge in [0.2, 0.25) is 0 Å². The lowest BCUT2D eigenvalue weighted by molar-refractivity contribution is -0.0186. The Morgan fingerprint density at radius 1 is 1.12 bits per heavy atom. The zero-order valence-electron chi connectivity index (χ0n) is 9.22. The zero-order valence-corrected chi connectivity index (χ0v) is 10.0. The number of alkyl halides is 5. The molecule has 4 atom stereocenters. The third-order valence-corrected chi connectivity index (χ3v) is 3.84. The summed E-state index contributed by atoms with van der Waals surface area (Å²) in [5.41, 5.74) is 0. The molecule has 0 aromatic heterocycles. The van der Waals surface area contributed by atoms with Crippen molar-refractivity contribution in [1.29, 1.82) is 0 Å². The molecule has 0 aromatic carbocycles. The number of nitrogens with one attached hydrogen (secondary N) is 1. The van der Waals surface area contributed by atoms with E-state index in [0.717, 1.165) is 31.1 Å². The predicted molar refractivity (Wildman–Crippen MR) is 59.0 cm³/mol. The third-order valence-electron chi connectivity index (χ3n) is 2.65. The molecule has 0 amide bonds. The van der Waals surface area contributed by atoms with E-state index >= 15 is 0 Å². The molecule has 1 heterocycles. The Balaban J connectivity index is 2.16. The molecule has 1 fully saturated rings. The molecule has 0 bridgehead atoms. The number of thioether (sulfide) groups is 1. The van der Waals surface area contributed by atoms with Gasteiger partial charge in [0, 0.05) is 17.5 Å². The molecule has 17 heavy (non-hydrogen) atoms. The van der Waals surface area contributed by atoms with Crippen molar-refractivity contribution >= 4 is 11.8 Å². The highest BCUT2D eigenvalue weighted by atomic mass is 32.2. The molecular weight excluding hydrogens is 261 g/mol. The van der Waals surface area contributed by atoms with Crippen LogP contribution < -0.4 is 5.32 Å². The van der Waals surface area contributed by atoms with Crippen molar-refractivity contribution in [3.05, 3.63) is 0 Å². The van der Waals surface area contributed by atoms with Gasteiger partial charge >= 0.3 is 0 Å². The minimum atomic E-state index is -3.47. The lowest BCUT2D eigenvalue weighted by atomic mass is 10.2. The summed E-state index contributed by atoms with van der Waals surface area (Å²) in [7, 11) is 0. The Kier molecular flexibility index (Phi) is 6.54. The average molecular weight is 277 g/mol. The maximum atomic E-state index is 13.1. The summed E-state index contributed by atoms with van der Waals surface area (Å²) in [5, 5.41) is 3.17. The maximum Gasteiger partial charge on any atom is 0.272 e. The van der Waals surface area contributed by atoms with Crippen LogP contribution in [0.2, 0.25) is 0 Å². The normalized spacial score (nSPS) is 26.1. The Bertz CT molecular complexity index is 213. The molecule has 1 N–H and O–H groups in total. The maximum absolute atomic E-state index is 13.1. The van der Waals surface area contributed by atoms with Crippen molar-refractivity contribution in [2.45, 2.75) is 43.8 Å². The van der Waals surface area contributed by atoms with E-state index in [1.54, 1.807) is 0 Å². The van der Waals surface area contributed by atoms with Crippen molar-refractivity contribution in [3.63, 3.8) is 0 Å². The van der Waals surface area contributed by atoms with Crippen LogP contribution in [0.4, 0.5) is 22.0 Å². The Morgan fingerprint density at radius 2 is 1.82 bits per heavy atom. The van der Waals surface area contributed by atoms with Gasteiger partial charge in [-0.25, -0.2) is 22.0 Å². The minimum Gasteiger partial charge on any atom is -0.313 e. The van der Waals surface area contributed by atoms with Gasteiger partial charge in [-0.15, -0.1) is 0 Å². The SMILES string of the molecule is FC(F)C(F)C(F)C(F)CSCC1CCCN1. The molecule has 0 spiro atoms. The summed E-state index contributed by atoms with van der Waals surface area (Å²) in [5.74, 6) is 0.311. The van der Waals surface area contributed by atoms with Crippen molar-refractivity contribution < 1.29 is 22.0 Å². The van der Waals surface area contributed by atoms with E-state index in [-0.39, 0.29) is 11.8 Å². The molecule has 102 valence electrons. The van der Waals surface area contributed by atoms with Crippen molar-refractivity contribution in [2.75, 3.05) is 18.1 Å². The molecule has 0 aromatic rings. The first-order valence-electron chi connectivity index (χ1n) is 5.54. The lowest BCUT2D eigenvalue weighted by Crippen LogP contribution is -2.35. The first kappa shape index (κ1) is 15.0. The molecule has 1 nitrogen and oxygen atoms in total. The van der Waals surface area contributed by atoms with Gasteiger partial charge in [0.1, 0.15) is 6.17 Å². The van der Waals surface area contributed by atoms with Gasteiger partial charge in [-0.1, -0.05) is 0 Å². The van der Waals surface area contributed by atoms with Crippen LogP contribution in [-0.4, -0.2) is 49.0 Å². The smallest absolute Gasteiger partial charge is 0.272 e. The number of rotatable bonds is 7. The molecular formula is C10H16F5NS. The number of hydrogen-bond acceptors (Lipinski definition) is 2. The number of hydrogen-bond donors (Lipinski definition) is 1. The molecule has 0 aliphatic carbocycles. The summed E-state index contributed by atoms with van der Waals surface area (Å²) in [6, 6.07) is 0.265. The van der Waals surface area contributed by atoms with Crippen molar-refractivity contribution in [3.8, 4) is 0 Å². The van der Waals surface area contributed by atoms with Crippen LogP contribution in [-0.2, 0) is 0 Å². The third kappa shape index (κ3) is 4.99. The molecule has 4 unspecified atom stereocenters. The summed E-state index contributed by atoms with van der Waals surface area (Å²) in [6.45, 7) is 0.911. The summed E-state index contributed by atoms with van der Waals surface area (Å²) >= 11 is 1.13. The highest BCUT2D eigenvalue weighted by Gasteiger charge is 2.36. The largest absolute Gasteiger partial charge is 0.313 e. The molecule has 1 aliphatic heterocycles.